The van der Waals surface area contributed by atoms with Crippen molar-refractivity contribution in [2.75, 3.05) is 12.4 Å². The van der Waals surface area contributed by atoms with Crippen LogP contribution in [0.3, 0.4) is 0 Å². The van der Waals surface area contributed by atoms with E-state index in [0.29, 0.717) is 18.8 Å². The number of carbonyl (C=O) groups is 1. The Kier molecular flexibility index (Phi) is 6.72. The van der Waals surface area contributed by atoms with Gasteiger partial charge in [-0.3, -0.25) is 14.4 Å². The van der Waals surface area contributed by atoms with Crippen molar-refractivity contribution in [2.24, 2.45) is 0 Å². The highest BCUT2D eigenvalue weighted by atomic mass is 19.1. The van der Waals surface area contributed by atoms with Crippen molar-refractivity contribution >= 4 is 11.6 Å². The van der Waals surface area contributed by atoms with Crippen LogP contribution in [-0.4, -0.2) is 27.6 Å². The van der Waals surface area contributed by atoms with Crippen LogP contribution in [0, 0.1) is 5.82 Å². The molecule has 0 radical (unpaired) electrons. The fourth-order valence-electron chi connectivity index (χ4n) is 3.71. The lowest BCUT2D eigenvalue weighted by atomic mass is 10.0. The van der Waals surface area contributed by atoms with Gasteiger partial charge in [0.15, 0.2) is 0 Å². The number of hydrogen-bond donors (Lipinski definition) is 1. The third kappa shape index (κ3) is 5.47. The zero-order chi connectivity index (χ0) is 22.3. The number of halogens is 1. The number of aromatic nitrogens is 2. The monoisotopic (exact) mass is 428 g/mol. The van der Waals surface area contributed by atoms with Crippen molar-refractivity contribution in [3.05, 3.63) is 120 Å². The minimum atomic E-state index is -0.515. The lowest BCUT2D eigenvalue weighted by Gasteiger charge is -2.27. The molecule has 0 saturated heterocycles. The van der Waals surface area contributed by atoms with Crippen LogP contribution < -0.4 is 5.32 Å². The average molecular weight is 429 g/mol. The molecule has 0 unspecified atom stereocenters. The molecule has 1 heterocycles. The van der Waals surface area contributed by atoms with Gasteiger partial charge in [-0.25, -0.2) is 4.39 Å². The van der Waals surface area contributed by atoms with Crippen LogP contribution in [0.15, 0.2) is 97.3 Å². The topological polar surface area (TPSA) is 50.2 Å². The number of likely N-dealkylation sites (N-methyl/N-ethyl adjacent to an activating group) is 1. The van der Waals surface area contributed by atoms with Crippen LogP contribution >= 0.6 is 0 Å². The Bertz CT molecular complexity index is 1140. The molecule has 4 aromatic rings. The molecular formula is C26H25FN4O. The zero-order valence-corrected chi connectivity index (χ0v) is 17.9. The van der Waals surface area contributed by atoms with Gasteiger partial charge in [-0.05, 0) is 42.4 Å². The lowest BCUT2D eigenvalue weighted by Crippen LogP contribution is -2.34. The number of hydrogen-bond acceptors (Lipinski definition) is 3. The molecule has 0 aliphatic carbocycles. The quantitative estimate of drug-likeness (QED) is 0.435. The molecule has 1 N–H and O–H groups in total. The van der Waals surface area contributed by atoms with E-state index in [-0.39, 0.29) is 11.7 Å². The number of carbonyl (C=O) groups excluding carboxylic acids is 1. The van der Waals surface area contributed by atoms with Crippen LogP contribution in [0.25, 0.3) is 0 Å². The highest BCUT2D eigenvalue weighted by molar-refractivity contribution is 5.95. The SMILES string of the molecule is CN(Cc1cnn(Cc2ccccc2)c1)[C@@H](C(=O)Nc1ccc(F)cc1)c1ccccc1. The number of nitrogens with one attached hydrogen (secondary N) is 1. The first-order valence-electron chi connectivity index (χ1n) is 10.5. The molecule has 0 saturated carbocycles. The van der Waals surface area contributed by atoms with E-state index in [9.17, 15) is 9.18 Å². The van der Waals surface area contributed by atoms with Gasteiger partial charge in [-0.1, -0.05) is 60.7 Å². The zero-order valence-electron chi connectivity index (χ0n) is 17.9. The molecule has 0 aliphatic heterocycles. The van der Waals surface area contributed by atoms with Gasteiger partial charge in [0, 0.05) is 24.0 Å². The summed E-state index contributed by atoms with van der Waals surface area (Å²) < 4.78 is 15.1. The second-order valence-corrected chi connectivity index (χ2v) is 7.76. The van der Waals surface area contributed by atoms with Crippen molar-refractivity contribution in [1.29, 1.82) is 0 Å². The molecular weight excluding hydrogens is 403 g/mol. The minimum Gasteiger partial charge on any atom is -0.324 e. The Labute approximate surface area is 187 Å². The molecule has 0 bridgehead atoms. The number of anilines is 1. The Morgan fingerprint density at radius 1 is 0.969 bits per heavy atom. The normalized spacial score (nSPS) is 12.0. The number of rotatable bonds is 8. The van der Waals surface area contributed by atoms with Crippen LogP contribution in [-0.2, 0) is 17.9 Å². The second-order valence-electron chi connectivity index (χ2n) is 7.76. The molecule has 6 heteroatoms. The molecule has 3 aromatic carbocycles. The summed E-state index contributed by atoms with van der Waals surface area (Å²) in [6.07, 6.45) is 3.84. The Hall–Kier alpha value is -3.77. The number of amides is 1. The summed E-state index contributed by atoms with van der Waals surface area (Å²) in [5.74, 6) is -0.519. The first kappa shape index (κ1) is 21.5. The molecule has 0 aliphatic rings. The Morgan fingerprint density at radius 3 is 2.31 bits per heavy atom. The van der Waals surface area contributed by atoms with E-state index in [0.717, 1.165) is 11.1 Å². The van der Waals surface area contributed by atoms with Gasteiger partial charge in [0.1, 0.15) is 11.9 Å². The molecule has 162 valence electrons. The van der Waals surface area contributed by atoms with Crippen molar-refractivity contribution < 1.29 is 9.18 Å². The van der Waals surface area contributed by atoms with Gasteiger partial charge < -0.3 is 5.32 Å². The Balaban J connectivity index is 1.50. The molecule has 5 nitrogen and oxygen atoms in total. The minimum absolute atomic E-state index is 0.179. The highest BCUT2D eigenvalue weighted by Crippen LogP contribution is 2.23. The lowest BCUT2D eigenvalue weighted by molar-refractivity contribution is -0.121. The average Bonchev–Trinajstić information content (AvgIpc) is 3.23. The summed E-state index contributed by atoms with van der Waals surface area (Å²) >= 11 is 0. The maximum Gasteiger partial charge on any atom is 0.246 e. The second kappa shape index (κ2) is 10.0. The molecule has 4 rings (SSSR count). The van der Waals surface area contributed by atoms with Gasteiger partial charge in [-0.15, -0.1) is 0 Å². The summed E-state index contributed by atoms with van der Waals surface area (Å²) in [4.78, 5) is 15.2. The van der Waals surface area contributed by atoms with Crippen molar-refractivity contribution in [3.63, 3.8) is 0 Å². The largest absolute Gasteiger partial charge is 0.324 e. The first-order chi connectivity index (χ1) is 15.6. The standard InChI is InChI=1S/C26H25FN4O/c1-30(17-21-16-28-31(19-21)18-20-8-4-2-5-9-20)25(22-10-6-3-7-11-22)26(32)29-24-14-12-23(27)13-15-24/h2-16,19,25H,17-18H2,1H3,(H,29,32)/t25-/m1/s1. The molecule has 1 aromatic heterocycles. The van der Waals surface area contributed by atoms with Gasteiger partial charge in [0.25, 0.3) is 0 Å². The van der Waals surface area contributed by atoms with Crippen LogP contribution in [0.4, 0.5) is 10.1 Å². The van der Waals surface area contributed by atoms with Crippen molar-refractivity contribution in [1.82, 2.24) is 14.7 Å². The van der Waals surface area contributed by atoms with E-state index in [1.165, 1.54) is 17.7 Å². The first-order valence-corrected chi connectivity index (χ1v) is 10.5. The van der Waals surface area contributed by atoms with Gasteiger partial charge in [-0.2, -0.15) is 5.10 Å². The van der Waals surface area contributed by atoms with Gasteiger partial charge in [0.2, 0.25) is 5.91 Å². The smallest absolute Gasteiger partial charge is 0.246 e. The van der Waals surface area contributed by atoms with Crippen LogP contribution in [0.1, 0.15) is 22.7 Å². The fraction of sp³-hybridized carbons (Fsp3) is 0.154. The summed E-state index contributed by atoms with van der Waals surface area (Å²) in [7, 11) is 1.91. The number of nitrogens with zero attached hydrogens (tertiary/aromatic N) is 3. The van der Waals surface area contributed by atoms with E-state index in [1.54, 1.807) is 12.1 Å². The Morgan fingerprint density at radius 2 is 1.62 bits per heavy atom. The predicted molar refractivity (Wildman–Crippen MR) is 123 cm³/mol. The molecule has 1 atom stereocenters. The van der Waals surface area contributed by atoms with Crippen molar-refractivity contribution in [3.8, 4) is 0 Å². The molecule has 0 fully saturated rings. The molecule has 1 amide bonds. The number of benzene rings is 3. The third-order valence-electron chi connectivity index (χ3n) is 5.22. The third-order valence-corrected chi connectivity index (χ3v) is 5.22. The predicted octanol–water partition coefficient (Wildman–Crippen LogP) is 4.88. The van der Waals surface area contributed by atoms with Gasteiger partial charge >= 0.3 is 0 Å². The summed E-state index contributed by atoms with van der Waals surface area (Å²) in [6.45, 7) is 1.24. The van der Waals surface area contributed by atoms with Gasteiger partial charge in [0.05, 0.1) is 12.7 Å². The summed E-state index contributed by atoms with van der Waals surface area (Å²) in [5.41, 5.74) is 3.63. The maximum atomic E-state index is 13.2. The summed E-state index contributed by atoms with van der Waals surface area (Å²) in [6, 6.07) is 25.0. The van der Waals surface area contributed by atoms with E-state index in [4.69, 9.17) is 0 Å². The van der Waals surface area contributed by atoms with E-state index in [2.05, 4.69) is 22.5 Å². The molecule has 0 spiro atoms. The van der Waals surface area contributed by atoms with Crippen LogP contribution in [0.2, 0.25) is 0 Å². The van der Waals surface area contributed by atoms with Crippen molar-refractivity contribution in [2.45, 2.75) is 19.1 Å². The van der Waals surface area contributed by atoms with Crippen LogP contribution in [0.5, 0.6) is 0 Å². The summed E-state index contributed by atoms with van der Waals surface area (Å²) in [5, 5.41) is 7.38. The highest BCUT2D eigenvalue weighted by Gasteiger charge is 2.25. The molecule has 32 heavy (non-hydrogen) atoms. The maximum absolute atomic E-state index is 13.2. The van der Waals surface area contributed by atoms with E-state index < -0.39 is 6.04 Å². The van der Waals surface area contributed by atoms with E-state index in [1.807, 2.05) is 77.6 Å². The van der Waals surface area contributed by atoms with E-state index >= 15 is 0 Å². The fourth-order valence-corrected chi connectivity index (χ4v) is 3.71.